The first kappa shape index (κ1) is 12.1. The average Bonchev–Trinajstić information content (AvgIpc) is 2.99. The van der Waals surface area contributed by atoms with E-state index in [1.54, 1.807) is 13.4 Å². The van der Waals surface area contributed by atoms with Gasteiger partial charge < -0.3 is 18.9 Å². The minimum atomic E-state index is 0.275. The van der Waals surface area contributed by atoms with Crippen LogP contribution in [0.4, 0.5) is 0 Å². The molecule has 4 nitrogen and oxygen atoms in total. The number of allylic oxidation sites excluding steroid dienone is 1. The molecule has 0 saturated carbocycles. The van der Waals surface area contributed by atoms with Crippen molar-refractivity contribution in [2.24, 2.45) is 0 Å². The van der Waals surface area contributed by atoms with Crippen molar-refractivity contribution in [2.75, 3.05) is 13.9 Å². The summed E-state index contributed by atoms with van der Waals surface area (Å²) in [7, 11) is 1.66. The van der Waals surface area contributed by atoms with Crippen LogP contribution < -0.4 is 18.9 Å². The number of hydrogen-bond acceptors (Lipinski definition) is 4. The Morgan fingerprint density at radius 3 is 2.48 bits per heavy atom. The first-order chi connectivity index (χ1) is 10.3. The van der Waals surface area contributed by atoms with Crippen LogP contribution in [0.1, 0.15) is 11.1 Å². The standard InChI is InChI=1S/C17H14O4/c1-18-14-4-2-11(3-5-14)13-6-12-7-16-17(21-10-20-16)8-15(12)19-9-13/h2-5,7-9H,6,10H2,1H3. The molecule has 0 N–H and O–H groups in total. The molecule has 0 unspecified atom stereocenters. The molecule has 2 aliphatic rings. The van der Waals surface area contributed by atoms with E-state index in [1.165, 1.54) is 0 Å². The number of benzene rings is 2. The van der Waals surface area contributed by atoms with Crippen LogP contribution in [-0.2, 0) is 6.42 Å². The van der Waals surface area contributed by atoms with Gasteiger partial charge in [0.15, 0.2) is 11.5 Å². The van der Waals surface area contributed by atoms with Gasteiger partial charge in [-0.25, -0.2) is 0 Å². The number of ether oxygens (including phenoxy) is 4. The van der Waals surface area contributed by atoms with Gasteiger partial charge in [0.1, 0.15) is 11.5 Å². The van der Waals surface area contributed by atoms with Crippen LogP contribution >= 0.6 is 0 Å². The fourth-order valence-corrected chi connectivity index (χ4v) is 2.57. The molecule has 0 fully saturated rings. The van der Waals surface area contributed by atoms with Gasteiger partial charge in [0.05, 0.1) is 13.4 Å². The van der Waals surface area contributed by atoms with Crippen molar-refractivity contribution in [1.82, 2.24) is 0 Å². The van der Waals surface area contributed by atoms with E-state index in [0.29, 0.717) is 0 Å². The normalized spacial score (nSPS) is 15.0. The number of hydrogen-bond donors (Lipinski definition) is 0. The molecule has 0 spiro atoms. The summed E-state index contributed by atoms with van der Waals surface area (Å²) >= 11 is 0. The molecule has 106 valence electrons. The summed E-state index contributed by atoms with van der Waals surface area (Å²) in [6.45, 7) is 0.275. The predicted octanol–water partition coefficient (Wildman–Crippen LogP) is 3.40. The second-order valence-electron chi connectivity index (χ2n) is 4.98. The molecule has 2 aromatic carbocycles. The van der Waals surface area contributed by atoms with E-state index in [9.17, 15) is 0 Å². The molecular formula is C17H14O4. The molecule has 0 bridgehead atoms. The number of methoxy groups -OCH3 is 1. The van der Waals surface area contributed by atoms with E-state index in [4.69, 9.17) is 18.9 Å². The van der Waals surface area contributed by atoms with Crippen LogP contribution in [0.5, 0.6) is 23.0 Å². The Bertz CT molecular complexity index is 716. The third kappa shape index (κ3) is 2.09. The smallest absolute Gasteiger partial charge is 0.231 e. The van der Waals surface area contributed by atoms with Gasteiger partial charge in [-0.15, -0.1) is 0 Å². The zero-order valence-corrected chi connectivity index (χ0v) is 11.6. The monoisotopic (exact) mass is 282 g/mol. The summed E-state index contributed by atoms with van der Waals surface area (Å²) in [6.07, 6.45) is 2.60. The lowest BCUT2D eigenvalue weighted by Crippen LogP contribution is -2.02. The molecule has 4 rings (SSSR count). The van der Waals surface area contributed by atoms with Crippen LogP contribution in [0.2, 0.25) is 0 Å². The van der Waals surface area contributed by atoms with E-state index in [-0.39, 0.29) is 6.79 Å². The summed E-state index contributed by atoms with van der Waals surface area (Å²) in [6, 6.07) is 11.8. The van der Waals surface area contributed by atoms with Crippen molar-refractivity contribution < 1.29 is 18.9 Å². The third-order valence-electron chi connectivity index (χ3n) is 3.73. The van der Waals surface area contributed by atoms with Gasteiger partial charge in [0.2, 0.25) is 6.79 Å². The molecule has 0 atom stereocenters. The number of rotatable bonds is 2. The maximum absolute atomic E-state index is 5.74. The van der Waals surface area contributed by atoms with Gasteiger partial charge >= 0.3 is 0 Å². The Balaban J connectivity index is 1.64. The van der Waals surface area contributed by atoms with Crippen molar-refractivity contribution in [1.29, 1.82) is 0 Å². The molecule has 4 heteroatoms. The molecule has 2 aliphatic heterocycles. The quantitative estimate of drug-likeness (QED) is 0.846. The summed E-state index contributed by atoms with van der Waals surface area (Å²) in [5.74, 6) is 3.21. The summed E-state index contributed by atoms with van der Waals surface area (Å²) in [4.78, 5) is 0. The molecule has 0 radical (unpaired) electrons. The second-order valence-corrected chi connectivity index (χ2v) is 4.98. The maximum Gasteiger partial charge on any atom is 0.231 e. The number of fused-ring (bicyclic) bond motifs is 2. The fourth-order valence-electron chi connectivity index (χ4n) is 2.57. The molecule has 2 heterocycles. The second kappa shape index (κ2) is 4.74. The van der Waals surface area contributed by atoms with Gasteiger partial charge in [0.25, 0.3) is 0 Å². The zero-order chi connectivity index (χ0) is 14.2. The predicted molar refractivity (Wildman–Crippen MR) is 77.9 cm³/mol. The van der Waals surface area contributed by atoms with Gasteiger partial charge in [-0.3, -0.25) is 0 Å². The Morgan fingerprint density at radius 2 is 1.71 bits per heavy atom. The van der Waals surface area contributed by atoms with Gasteiger partial charge in [-0.1, -0.05) is 12.1 Å². The minimum absolute atomic E-state index is 0.275. The highest BCUT2D eigenvalue weighted by Crippen LogP contribution is 2.41. The summed E-state index contributed by atoms with van der Waals surface area (Å²) in [5, 5.41) is 0. The van der Waals surface area contributed by atoms with Crippen LogP contribution in [0.3, 0.4) is 0 Å². The van der Waals surface area contributed by atoms with E-state index in [2.05, 4.69) is 0 Å². The van der Waals surface area contributed by atoms with E-state index < -0.39 is 0 Å². The topological polar surface area (TPSA) is 36.9 Å². The SMILES string of the molecule is COc1ccc(C2=COc3cc4c(cc3C2)OCO4)cc1. The Morgan fingerprint density at radius 1 is 0.952 bits per heavy atom. The largest absolute Gasteiger partial charge is 0.497 e. The Hall–Kier alpha value is -2.62. The lowest BCUT2D eigenvalue weighted by molar-refractivity contribution is 0.174. The van der Waals surface area contributed by atoms with E-state index in [1.807, 2.05) is 36.4 Å². The van der Waals surface area contributed by atoms with Crippen LogP contribution in [0, 0.1) is 0 Å². The molecule has 0 aliphatic carbocycles. The van der Waals surface area contributed by atoms with Crippen LogP contribution in [0.15, 0.2) is 42.7 Å². The Kier molecular flexibility index (Phi) is 2.74. The van der Waals surface area contributed by atoms with E-state index >= 15 is 0 Å². The third-order valence-corrected chi connectivity index (χ3v) is 3.73. The molecule has 0 amide bonds. The molecular weight excluding hydrogens is 268 g/mol. The van der Waals surface area contributed by atoms with Gasteiger partial charge in [-0.2, -0.15) is 0 Å². The summed E-state index contributed by atoms with van der Waals surface area (Å²) < 4.78 is 21.7. The molecule has 2 aromatic rings. The van der Waals surface area contributed by atoms with Gasteiger partial charge in [0, 0.05) is 18.1 Å². The fraction of sp³-hybridized carbons (Fsp3) is 0.176. The highest BCUT2D eigenvalue weighted by atomic mass is 16.7. The van der Waals surface area contributed by atoms with Crippen molar-refractivity contribution in [3.05, 3.63) is 53.8 Å². The van der Waals surface area contributed by atoms with Crippen molar-refractivity contribution in [3.63, 3.8) is 0 Å². The maximum atomic E-state index is 5.74. The van der Waals surface area contributed by atoms with Crippen LogP contribution in [-0.4, -0.2) is 13.9 Å². The first-order valence-corrected chi connectivity index (χ1v) is 6.76. The minimum Gasteiger partial charge on any atom is -0.497 e. The lowest BCUT2D eigenvalue weighted by Gasteiger charge is -2.18. The molecule has 21 heavy (non-hydrogen) atoms. The first-order valence-electron chi connectivity index (χ1n) is 6.76. The zero-order valence-electron chi connectivity index (χ0n) is 11.6. The summed E-state index contributed by atoms with van der Waals surface area (Å²) in [5.41, 5.74) is 3.36. The lowest BCUT2D eigenvalue weighted by atomic mass is 9.97. The van der Waals surface area contributed by atoms with Gasteiger partial charge in [-0.05, 0) is 29.3 Å². The highest BCUT2D eigenvalue weighted by Gasteiger charge is 2.21. The van der Waals surface area contributed by atoms with Crippen molar-refractivity contribution >= 4 is 5.57 Å². The van der Waals surface area contributed by atoms with Crippen LogP contribution in [0.25, 0.3) is 5.57 Å². The highest BCUT2D eigenvalue weighted by molar-refractivity contribution is 5.71. The van der Waals surface area contributed by atoms with Crippen molar-refractivity contribution in [3.8, 4) is 23.0 Å². The molecule has 0 saturated heterocycles. The van der Waals surface area contributed by atoms with E-state index in [0.717, 1.165) is 46.1 Å². The molecule has 0 aromatic heterocycles. The van der Waals surface area contributed by atoms with Crippen molar-refractivity contribution in [2.45, 2.75) is 6.42 Å². The average molecular weight is 282 g/mol. The Labute approximate surface area is 122 Å².